The molecule has 0 atom stereocenters. The molecule has 4 aromatic rings. The fraction of sp³-hybridized carbons (Fsp3) is 0.429. The molecule has 1 N–H and O–H groups in total. The largest absolute Gasteiger partial charge is 0.368 e. The summed E-state index contributed by atoms with van der Waals surface area (Å²) < 4.78 is 7.02. The van der Waals surface area contributed by atoms with Gasteiger partial charge in [-0.3, -0.25) is 19.7 Å². The molecule has 1 aliphatic heterocycles. The molecule has 6 rings (SSSR count). The van der Waals surface area contributed by atoms with Crippen molar-refractivity contribution in [3.8, 4) is 16.9 Å². The van der Waals surface area contributed by atoms with Crippen molar-refractivity contribution in [2.45, 2.75) is 52.0 Å². The smallest absolute Gasteiger partial charge is 0.258 e. The summed E-state index contributed by atoms with van der Waals surface area (Å²) >= 11 is 0. The summed E-state index contributed by atoms with van der Waals surface area (Å²) in [5, 5.41) is 15.5. The second kappa shape index (κ2) is 9.88. The predicted octanol–water partition coefficient (Wildman–Crippen LogP) is 3.85. The van der Waals surface area contributed by atoms with E-state index in [0.29, 0.717) is 28.5 Å². The molecule has 5 heterocycles. The van der Waals surface area contributed by atoms with Gasteiger partial charge in [0.25, 0.3) is 5.91 Å². The lowest BCUT2D eigenvalue weighted by Crippen LogP contribution is -2.47. The van der Waals surface area contributed by atoms with Crippen molar-refractivity contribution in [2.75, 3.05) is 36.4 Å². The molecular weight excluding hydrogens is 494 g/mol. The summed E-state index contributed by atoms with van der Waals surface area (Å²) in [6.45, 7) is 12.1. The third-order valence-corrected chi connectivity index (χ3v) is 7.32. The van der Waals surface area contributed by atoms with Crippen molar-refractivity contribution >= 4 is 17.4 Å². The number of nitrogens with one attached hydrogen (secondary N) is 1. The third kappa shape index (κ3) is 5.40. The minimum absolute atomic E-state index is 0.209. The van der Waals surface area contributed by atoms with Crippen LogP contribution in [0.15, 0.2) is 47.5 Å². The Morgan fingerprint density at radius 2 is 1.85 bits per heavy atom. The third-order valence-electron chi connectivity index (χ3n) is 7.32. The van der Waals surface area contributed by atoms with Crippen molar-refractivity contribution in [3.05, 3.63) is 60.0 Å². The Labute approximate surface area is 227 Å². The Morgan fingerprint density at radius 1 is 1.05 bits per heavy atom. The van der Waals surface area contributed by atoms with Gasteiger partial charge in [0, 0.05) is 61.7 Å². The van der Waals surface area contributed by atoms with Crippen LogP contribution >= 0.6 is 0 Å². The molecule has 11 nitrogen and oxygen atoms in total. The first-order chi connectivity index (χ1) is 18.7. The van der Waals surface area contributed by atoms with E-state index in [1.807, 2.05) is 40.1 Å². The number of rotatable bonds is 6. The average Bonchev–Trinajstić information content (AvgIpc) is 3.46. The molecule has 2 aliphatic rings. The second-order valence-corrected chi connectivity index (χ2v) is 11.3. The highest BCUT2D eigenvalue weighted by Crippen LogP contribution is 2.29. The zero-order valence-corrected chi connectivity index (χ0v) is 22.8. The van der Waals surface area contributed by atoms with Gasteiger partial charge in [0.15, 0.2) is 5.82 Å². The fourth-order valence-corrected chi connectivity index (χ4v) is 4.79. The molecule has 0 unspecified atom stereocenters. The number of aromatic nitrogens is 6. The SMILES string of the molecule is Cc1ncc(C(=O)Nc2cc(C(C)(C)C)on2)cc1-n1cc(-c2cncc(N3CCN(C4CC4)CC3)c2)nn1. The summed E-state index contributed by atoms with van der Waals surface area (Å²) in [6.07, 6.45) is 9.77. The minimum Gasteiger partial charge on any atom is -0.368 e. The summed E-state index contributed by atoms with van der Waals surface area (Å²) in [4.78, 5) is 26.8. The minimum atomic E-state index is -0.337. The zero-order chi connectivity index (χ0) is 27.1. The van der Waals surface area contributed by atoms with Gasteiger partial charge in [-0.05, 0) is 31.9 Å². The van der Waals surface area contributed by atoms with E-state index in [-0.39, 0.29) is 11.3 Å². The molecule has 2 fully saturated rings. The Balaban J connectivity index is 1.18. The van der Waals surface area contributed by atoms with Crippen LogP contribution in [0.1, 0.15) is 55.4 Å². The van der Waals surface area contributed by atoms with E-state index in [0.717, 1.165) is 49.2 Å². The maximum Gasteiger partial charge on any atom is 0.258 e. The van der Waals surface area contributed by atoms with E-state index < -0.39 is 0 Å². The summed E-state index contributed by atoms with van der Waals surface area (Å²) in [5.74, 6) is 0.711. The van der Waals surface area contributed by atoms with Crippen LogP contribution < -0.4 is 10.2 Å². The van der Waals surface area contributed by atoms with Gasteiger partial charge in [0.2, 0.25) is 0 Å². The first-order valence-corrected chi connectivity index (χ1v) is 13.4. The molecule has 1 saturated heterocycles. The monoisotopic (exact) mass is 527 g/mol. The molecule has 1 amide bonds. The van der Waals surface area contributed by atoms with E-state index >= 15 is 0 Å². The maximum atomic E-state index is 12.9. The molecule has 0 spiro atoms. The molecular formula is C28H33N9O2. The van der Waals surface area contributed by atoms with Gasteiger partial charge in [-0.2, -0.15) is 0 Å². The zero-order valence-electron chi connectivity index (χ0n) is 22.8. The van der Waals surface area contributed by atoms with Crippen LogP contribution in [0.5, 0.6) is 0 Å². The van der Waals surface area contributed by atoms with Gasteiger partial charge in [-0.15, -0.1) is 5.10 Å². The number of hydrogen-bond acceptors (Lipinski definition) is 9. The second-order valence-electron chi connectivity index (χ2n) is 11.3. The van der Waals surface area contributed by atoms with Gasteiger partial charge in [0.05, 0.1) is 35.0 Å². The fourth-order valence-electron chi connectivity index (χ4n) is 4.79. The number of piperazine rings is 1. The number of aryl methyl sites for hydroxylation is 1. The number of carbonyl (C=O) groups is 1. The normalized spacial score (nSPS) is 16.5. The van der Waals surface area contributed by atoms with Gasteiger partial charge >= 0.3 is 0 Å². The average molecular weight is 528 g/mol. The number of anilines is 2. The molecule has 202 valence electrons. The number of carbonyl (C=O) groups excluding carboxylic acids is 1. The van der Waals surface area contributed by atoms with E-state index in [1.54, 1.807) is 23.0 Å². The van der Waals surface area contributed by atoms with Crippen molar-refractivity contribution < 1.29 is 9.32 Å². The molecule has 0 radical (unpaired) electrons. The molecule has 39 heavy (non-hydrogen) atoms. The Kier molecular flexibility index (Phi) is 6.38. The van der Waals surface area contributed by atoms with Crippen molar-refractivity contribution in [3.63, 3.8) is 0 Å². The lowest BCUT2D eigenvalue weighted by atomic mass is 9.93. The number of nitrogens with zero attached hydrogens (tertiary/aromatic N) is 8. The van der Waals surface area contributed by atoms with Gasteiger partial charge in [-0.1, -0.05) is 31.1 Å². The van der Waals surface area contributed by atoms with Gasteiger partial charge in [0.1, 0.15) is 11.5 Å². The van der Waals surface area contributed by atoms with Gasteiger partial charge < -0.3 is 14.7 Å². The molecule has 0 bridgehead atoms. The highest BCUT2D eigenvalue weighted by molar-refractivity contribution is 6.03. The van der Waals surface area contributed by atoms with Crippen LogP contribution in [-0.4, -0.2) is 73.1 Å². The summed E-state index contributed by atoms with van der Waals surface area (Å²) in [7, 11) is 0. The highest BCUT2D eigenvalue weighted by atomic mass is 16.5. The molecule has 1 aliphatic carbocycles. The first kappa shape index (κ1) is 25.2. The van der Waals surface area contributed by atoms with E-state index in [4.69, 9.17) is 4.52 Å². The van der Waals surface area contributed by atoms with Crippen molar-refractivity contribution in [1.82, 2.24) is 35.0 Å². The lowest BCUT2D eigenvalue weighted by molar-refractivity contribution is 0.102. The number of amides is 1. The lowest BCUT2D eigenvalue weighted by Gasteiger charge is -2.36. The van der Waals surface area contributed by atoms with E-state index in [1.165, 1.54) is 19.0 Å². The Bertz CT molecular complexity index is 1490. The quantitative estimate of drug-likeness (QED) is 0.399. The molecule has 11 heteroatoms. The Hall–Kier alpha value is -4.12. The van der Waals surface area contributed by atoms with E-state index in [9.17, 15) is 4.79 Å². The molecule has 1 saturated carbocycles. The molecule has 0 aromatic carbocycles. The van der Waals surface area contributed by atoms with Crippen LogP contribution in [0, 0.1) is 6.92 Å². The standard InChI is InChI=1S/C28H33N9O2/c1-18-24(12-20(15-30-18)27(38)31-26-13-25(39-33-26)28(2,3)4)37-17-23(32-34-37)19-11-22(16-29-14-19)36-9-7-35(8-10-36)21-5-6-21/h11-17,21H,5-10H2,1-4H3,(H,31,33,38). The Morgan fingerprint density at radius 3 is 2.56 bits per heavy atom. The van der Waals surface area contributed by atoms with Crippen molar-refractivity contribution in [1.29, 1.82) is 0 Å². The van der Waals surface area contributed by atoms with E-state index in [2.05, 4.69) is 46.6 Å². The van der Waals surface area contributed by atoms with Crippen LogP contribution in [0.25, 0.3) is 16.9 Å². The summed E-state index contributed by atoms with van der Waals surface area (Å²) in [5.41, 5.74) is 4.24. The first-order valence-electron chi connectivity index (χ1n) is 13.4. The number of pyridine rings is 2. The highest BCUT2D eigenvalue weighted by Gasteiger charge is 2.31. The van der Waals surface area contributed by atoms with Crippen LogP contribution in [0.4, 0.5) is 11.5 Å². The molecule has 4 aromatic heterocycles. The van der Waals surface area contributed by atoms with Crippen molar-refractivity contribution in [2.24, 2.45) is 0 Å². The topological polar surface area (TPSA) is 118 Å². The van der Waals surface area contributed by atoms with Crippen LogP contribution in [0.3, 0.4) is 0 Å². The van der Waals surface area contributed by atoms with Crippen LogP contribution in [-0.2, 0) is 5.41 Å². The number of hydrogen-bond donors (Lipinski definition) is 1. The maximum absolute atomic E-state index is 12.9. The van der Waals surface area contributed by atoms with Gasteiger partial charge in [-0.25, -0.2) is 4.68 Å². The predicted molar refractivity (Wildman–Crippen MR) is 147 cm³/mol. The van der Waals surface area contributed by atoms with Crippen LogP contribution in [0.2, 0.25) is 0 Å². The summed E-state index contributed by atoms with van der Waals surface area (Å²) in [6, 6.07) is 6.40.